The number of nitrogens with zero attached hydrogens (tertiary/aromatic N) is 1. The van der Waals surface area contributed by atoms with E-state index in [1.54, 1.807) is 0 Å². The molecule has 0 N–H and O–H groups in total. The largest absolute Gasteiger partial charge is 0.244 e. The number of pyridine rings is 1. The van der Waals surface area contributed by atoms with Gasteiger partial charge in [-0.2, -0.15) is 0 Å². The number of rotatable bonds is 5. The van der Waals surface area contributed by atoms with E-state index >= 15 is 0 Å². The summed E-state index contributed by atoms with van der Waals surface area (Å²) in [5, 5.41) is 0.545. The Morgan fingerprint density at radius 2 is 1.57 bits per heavy atom. The highest BCUT2D eigenvalue weighted by Crippen LogP contribution is 2.33. The molecule has 1 saturated carbocycles. The third-order valence-corrected chi connectivity index (χ3v) is 5.62. The Bertz CT molecular complexity index is 595. The standard InChI is InChI=1S/C21H26ClN/c1-2-16-3-5-17(6-4-16)7-8-18-9-11-19(12-10-18)20-13-14-21(22)23-15-20/h9-17H,2-8H2,1H3/t16-,17-. The van der Waals surface area contributed by atoms with E-state index < -0.39 is 0 Å². The van der Waals surface area contributed by atoms with Gasteiger partial charge in [-0.05, 0) is 47.9 Å². The fourth-order valence-electron chi connectivity index (χ4n) is 3.71. The van der Waals surface area contributed by atoms with E-state index in [0.717, 1.165) is 17.4 Å². The predicted octanol–water partition coefficient (Wildman–Crippen LogP) is 6.55. The van der Waals surface area contributed by atoms with Crippen LogP contribution in [0.15, 0.2) is 42.6 Å². The van der Waals surface area contributed by atoms with Crippen molar-refractivity contribution >= 4 is 11.6 Å². The SMILES string of the molecule is CC[C@H]1CC[C@H](CCc2ccc(-c3ccc(Cl)nc3)cc2)CC1. The minimum Gasteiger partial charge on any atom is -0.244 e. The Kier molecular flexibility index (Phi) is 5.72. The maximum atomic E-state index is 5.85. The second-order valence-corrected chi connectivity index (χ2v) is 7.29. The summed E-state index contributed by atoms with van der Waals surface area (Å²) in [5.74, 6) is 1.94. The van der Waals surface area contributed by atoms with Crippen molar-refractivity contribution in [3.63, 3.8) is 0 Å². The van der Waals surface area contributed by atoms with Crippen LogP contribution in [0.2, 0.25) is 5.15 Å². The molecule has 0 spiro atoms. The number of hydrogen-bond donors (Lipinski definition) is 0. The first-order chi connectivity index (χ1) is 11.2. The average Bonchev–Trinajstić information content (AvgIpc) is 2.61. The van der Waals surface area contributed by atoms with E-state index in [1.165, 1.54) is 56.1 Å². The summed E-state index contributed by atoms with van der Waals surface area (Å²) in [6.07, 6.45) is 11.5. The van der Waals surface area contributed by atoms with Crippen molar-refractivity contribution in [2.24, 2.45) is 11.8 Å². The van der Waals surface area contributed by atoms with Crippen LogP contribution in [0.1, 0.15) is 51.0 Å². The van der Waals surface area contributed by atoms with Crippen molar-refractivity contribution in [3.05, 3.63) is 53.3 Å². The summed E-state index contributed by atoms with van der Waals surface area (Å²) in [7, 11) is 0. The molecule has 0 aliphatic heterocycles. The van der Waals surface area contributed by atoms with Crippen LogP contribution in [0.4, 0.5) is 0 Å². The number of halogens is 1. The summed E-state index contributed by atoms with van der Waals surface area (Å²) < 4.78 is 0. The quantitative estimate of drug-likeness (QED) is 0.567. The molecule has 23 heavy (non-hydrogen) atoms. The molecule has 2 heteroatoms. The first-order valence-corrected chi connectivity index (χ1v) is 9.33. The van der Waals surface area contributed by atoms with Gasteiger partial charge in [-0.1, -0.05) is 74.9 Å². The van der Waals surface area contributed by atoms with E-state index in [-0.39, 0.29) is 0 Å². The lowest BCUT2D eigenvalue weighted by atomic mass is 9.78. The van der Waals surface area contributed by atoms with Crippen LogP contribution in [-0.4, -0.2) is 4.98 Å². The molecule has 0 amide bonds. The molecule has 1 aliphatic carbocycles. The zero-order valence-corrected chi connectivity index (χ0v) is 14.7. The van der Waals surface area contributed by atoms with E-state index in [0.29, 0.717) is 5.15 Å². The van der Waals surface area contributed by atoms with Crippen LogP contribution in [-0.2, 0) is 6.42 Å². The van der Waals surface area contributed by atoms with Gasteiger partial charge < -0.3 is 0 Å². The second kappa shape index (κ2) is 7.97. The molecular formula is C21H26ClN. The van der Waals surface area contributed by atoms with Gasteiger partial charge in [0.1, 0.15) is 5.15 Å². The molecule has 0 saturated heterocycles. The highest BCUT2D eigenvalue weighted by molar-refractivity contribution is 6.29. The fraction of sp³-hybridized carbons (Fsp3) is 0.476. The second-order valence-electron chi connectivity index (χ2n) is 6.90. The van der Waals surface area contributed by atoms with E-state index in [1.807, 2.05) is 18.3 Å². The zero-order chi connectivity index (χ0) is 16.1. The number of aryl methyl sites for hydroxylation is 1. The normalized spacial score (nSPS) is 21.3. The van der Waals surface area contributed by atoms with Crippen molar-refractivity contribution in [2.45, 2.75) is 51.9 Å². The van der Waals surface area contributed by atoms with Crippen LogP contribution in [0, 0.1) is 11.8 Å². The molecule has 3 rings (SSSR count). The number of hydrogen-bond acceptors (Lipinski definition) is 1. The average molecular weight is 328 g/mol. The van der Waals surface area contributed by atoms with Crippen molar-refractivity contribution in [3.8, 4) is 11.1 Å². The predicted molar refractivity (Wildman–Crippen MR) is 98.7 cm³/mol. The minimum atomic E-state index is 0.545. The van der Waals surface area contributed by atoms with Gasteiger partial charge in [0.25, 0.3) is 0 Å². The molecule has 0 unspecified atom stereocenters. The molecule has 0 radical (unpaired) electrons. The summed E-state index contributed by atoms with van der Waals surface area (Å²) in [6.45, 7) is 2.34. The monoisotopic (exact) mass is 327 g/mol. The molecule has 1 heterocycles. The van der Waals surface area contributed by atoms with Gasteiger partial charge in [0.05, 0.1) is 0 Å². The third-order valence-electron chi connectivity index (χ3n) is 5.40. The zero-order valence-electron chi connectivity index (χ0n) is 14.0. The Morgan fingerprint density at radius 1 is 0.913 bits per heavy atom. The molecule has 2 aromatic rings. The smallest absolute Gasteiger partial charge is 0.129 e. The molecule has 122 valence electrons. The van der Waals surface area contributed by atoms with Crippen LogP contribution in [0.25, 0.3) is 11.1 Å². The molecule has 1 aromatic heterocycles. The van der Waals surface area contributed by atoms with Gasteiger partial charge in [-0.25, -0.2) is 4.98 Å². The first kappa shape index (κ1) is 16.5. The molecule has 1 aliphatic rings. The maximum Gasteiger partial charge on any atom is 0.129 e. The van der Waals surface area contributed by atoms with Gasteiger partial charge in [0.2, 0.25) is 0 Å². The third kappa shape index (κ3) is 4.57. The highest BCUT2D eigenvalue weighted by Gasteiger charge is 2.19. The maximum absolute atomic E-state index is 5.85. The highest BCUT2D eigenvalue weighted by atomic mass is 35.5. The lowest BCUT2D eigenvalue weighted by Crippen LogP contribution is -2.14. The fourth-order valence-corrected chi connectivity index (χ4v) is 3.82. The Morgan fingerprint density at radius 3 is 2.17 bits per heavy atom. The topological polar surface area (TPSA) is 12.9 Å². The molecular weight excluding hydrogens is 302 g/mol. The Labute approximate surface area is 145 Å². The van der Waals surface area contributed by atoms with Crippen molar-refractivity contribution in [2.75, 3.05) is 0 Å². The minimum absolute atomic E-state index is 0.545. The van der Waals surface area contributed by atoms with Gasteiger partial charge >= 0.3 is 0 Å². The van der Waals surface area contributed by atoms with Crippen LogP contribution in [0.5, 0.6) is 0 Å². The van der Waals surface area contributed by atoms with E-state index in [2.05, 4.69) is 36.2 Å². The molecule has 0 bridgehead atoms. The van der Waals surface area contributed by atoms with Gasteiger partial charge in [0.15, 0.2) is 0 Å². The molecule has 1 nitrogen and oxygen atoms in total. The van der Waals surface area contributed by atoms with E-state index in [4.69, 9.17) is 11.6 Å². The van der Waals surface area contributed by atoms with Gasteiger partial charge in [-0.15, -0.1) is 0 Å². The van der Waals surface area contributed by atoms with Crippen molar-refractivity contribution < 1.29 is 0 Å². The van der Waals surface area contributed by atoms with Crippen molar-refractivity contribution in [1.82, 2.24) is 4.98 Å². The summed E-state index contributed by atoms with van der Waals surface area (Å²) >= 11 is 5.85. The Hall–Kier alpha value is -1.34. The molecule has 0 atom stereocenters. The summed E-state index contributed by atoms with van der Waals surface area (Å²) in [5.41, 5.74) is 3.79. The molecule has 1 aromatic carbocycles. The lowest BCUT2D eigenvalue weighted by molar-refractivity contribution is 0.259. The van der Waals surface area contributed by atoms with Crippen LogP contribution >= 0.6 is 11.6 Å². The van der Waals surface area contributed by atoms with E-state index in [9.17, 15) is 0 Å². The summed E-state index contributed by atoms with van der Waals surface area (Å²) in [4.78, 5) is 4.15. The van der Waals surface area contributed by atoms with Crippen molar-refractivity contribution in [1.29, 1.82) is 0 Å². The number of benzene rings is 1. The Balaban J connectivity index is 1.53. The molecule has 1 fully saturated rings. The lowest BCUT2D eigenvalue weighted by Gasteiger charge is -2.27. The number of aromatic nitrogens is 1. The van der Waals surface area contributed by atoms with Crippen LogP contribution < -0.4 is 0 Å². The summed E-state index contributed by atoms with van der Waals surface area (Å²) in [6, 6.07) is 12.8. The first-order valence-electron chi connectivity index (χ1n) is 8.95. The van der Waals surface area contributed by atoms with Gasteiger partial charge in [-0.3, -0.25) is 0 Å². The van der Waals surface area contributed by atoms with Crippen LogP contribution in [0.3, 0.4) is 0 Å². The van der Waals surface area contributed by atoms with Gasteiger partial charge in [0, 0.05) is 11.8 Å².